The van der Waals surface area contributed by atoms with Gasteiger partial charge < -0.3 is 10.2 Å². The standard InChI is InChI=1S/C23H25ClN6O2/c24-19-3-1-2-18(16-19)22(31)28-30-15-9-21(27-30)23(32)26-12-4-17-7-13-29(14-8-17)20-5-10-25-11-6-20/h1-3,5-6,9-11,15-17H,4,7-8,12-14H2,(H,26,32)(H,28,31). The second kappa shape index (κ2) is 10.3. The predicted molar refractivity (Wildman–Crippen MR) is 123 cm³/mol. The van der Waals surface area contributed by atoms with Crippen molar-refractivity contribution < 1.29 is 9.59 Å². The molecular weight excluding hydrogens is 428 g/mol. The summed E-state index contributed by atoms with van der Waals surface area (Å²) in [5.74, 6) is -0.0291. The molecule has 1 fully saturated rings. The highest BCUT2D eigenvalue weighted by Gasteiger charge is 2.20. The number of hydrogen-bond acceptors (Lipinski definition) is 5. The Bertz CT molecular complexity index is 1060. The van der Waals surface area contributed by atoms with Gasteiger partial charge in [-0.25, -0.2) is 5.43 Å². The van der Waals surface area contributed by atoms with Crippen LogP contribution in [0.15, 0.2) is 61.1 Å². The number of aromatic nitrogens is 3. The summed E-state index contributed by atoms with van der Waals surface area (Å²) in [6.07, 6.45) is 8.31. The fourth-order valence-electron chi connectivity index (χ4n) is 3.82. The van der Waals surface area contributed by atoms with Crippen LogP contribution < -0.4 is 15.6 Å². The second-order valence-electron chi connectivity index (χ2n) is 7.78. The molecule has 0 spiro atoms. The van der Waals surface area contributed by atoms with Gasteiger partial charge in [-0.2, -0.15) is 4.79 Å². The molecule has 2 N–H and O–H groups in total. The molecule has 8 nitrogen and oxygen atoms in total. The third-order valence-electron chi connectivity index (χ3n) is 5.61. The first-order chi connectivity index (χ1) is 15.6. The summed E-state index contributed by atoms with van der Waals surface area (Å²) in [6, 6.07) is 12.3. The Labute approximate surface area is 191 Å². The van der Waals surface area contributed by atoms with Crippen LogP contribution in [0.4, 0.5) is 5.69 Å². The Morgan fingerprint density at radius 1 is 1.06 bits per heavy atom. The number of carbonyl (C=O) groups is 2. The summed E-state index contributed by atoms with van der Waals surface area (Å²) in [5.41, 5.74) is 4.48. The topological polar surface area (TPSA) is 92.2 Å². The Kier molecular flexibility index (Phi) is 7.01. The van der Waals surface area contributed by atoms with E-state index in [4.69, 9.17) is 11.6 Å². The average molecular weight is 453 g/mol. The molecule has 1 aliphatic rings. The summed E-state index contributed by atoms with van der Waals surface area (Å²) < 4.78 is 0. The van der Waals surface area contributed by atoms with E-state index in [1.807, 2.05) is 24.5 Å². The Hall–Kier alpha value is -3.39. The molecule has 2 aromatic heterocycles. The second-order valence-corrected chi connectivity index (χ2v) is 8.21. The van der Waals surface area contributed by atoms with E-state index in [2.05, 4.69) is 25.7 Å². The Morgan fingerprint density at radius 3 is 2.59 bits per heavy atom. The molecule has 1 saturated heterocycles. The summed E-state index contributed by atoms with van der Waals surface area (Å²) in [7, 11) is 0. The first kappa shape index (κ1) is 21.8. The zero-order valence-corrected chi connectivity index (χ0v) is 18.3. The molecule has 0 unspecified atom stereocenters. The number of piperidine rings is 1. The van der Waals surface area contributed by atoms with Crippen molar-refractivity contribution in [2.24, 2.45) is 5.92 Å². The predicted octanol–water partition coefficient (Wildman–Crippen LogP) is 3.35. The maximum absolute atomic E-state index is 12.4. The largest absolute Gasteiger partial charge is 0.371 e. The van der Waals surface area contributed by atoms with Crippen LogP contribution in [0.2, 0.25) is 5.02 Å². The molecule has 0 saturated carbocycles. The van der Waals surface area contributed by atoms with E-state index in [-0.39, 0.29) is 17.5 Å². The number of anilines is 1. The molecule has 32 heavy (non-hydrogen) atoms. The highest BCUT2D eigenvalue weighted by Crippen LogP contribution is 2.24. The Balaban J connectivity index is 1.20. The number of nitrogens with one attached hydrogen (secondary N) is 2. The fraction of sp³-hybridized carbons (Fsp3) is 0.304. The smallest absolute Gasteiger partial charge is 0.271 e. The molecule has 0 atom stereocenters. The fourth-order valence-corrected chi connectivity index (χ4v) is 4.01. The van der Waals surface area contributed by atoms with Crippen molar-refractivity contribution in [3.63, 3.8) is 0 Å². The van der Waals surface area contributed by atoms with Gasteiger partial charge in [0.15, 0.2) is 5.69 Å². The van der Waals surface area contributed by atoms with Crippen LogP contribution in [-0.4, -0.2) is 46.3 Å². The van der Waals surface area contributed by atoms with Gasteiger partial charge in [0.1, 0.15) is 0 Å². The van der Waals surface area contributed by atoms with Crippen LogP contribution in [0.5, 0.6) is 0 Å². The number of halogens is 1. The van der Waals surface area contributed by atoms with Gasteiger partial charge in [-0.1, -0.05) is 17.7 Å². The molecule has 4 rings (SSSR count). The van der Waals surface area contributed by atoms with E-state index >= 15 is 0 Å². The van der Waals surface area contributed by atoms with Gasteiger partial charge in [-0.05, 0) is 61.6 Å². The van der Waals surface area contributed by atoms with Gasteiger partial charge in [-0.15, -0.1) is 5.10 Å². The zero-order valence-electron chi connectivity index (χ0n) is 17.6. The minimum atomic E-state index is -0.360. The molecule has 0 radical (unpaired) electrons. The summed E-state index contributed by atoms with van der Waals surface area (Å²) >= 11 is 5.92. The zero-order chi connectivity index (χ0) is 22.3. The maximum atomic E-state index is 12.4. The van der Waals surface area contributed by atoms with Gasteiger partial charge in [-0.3, -0.25) is 14.6 Å². The summed E-state index contributed by atoms with van der Waals surface area (Å²) in [6.45, 7) is 2.62. The van der Waals surface area contributed by atoms with Crippen molar-refractivity contribution in [1.29, 1.82) is 0 Å². The van der Waals surface area contributed by atoms with Crippen LogP contribution in [0, 0.1) is 5.92 Å². The van der Waals surface area contributed by atoms with Gasteiger partial charge >= 0.3 is 0 Å². The van der Waals surface area contributed by atoms with Crippen molar-refractivity contribution >= 4 is 29.1 Å². The lowest BCUT2D eigenvalue weighted by atomic mass is 9.93. The van der Waals surface area contributed by atoms with E-state index in [9.17, 15) is 9.59 Å². The third-order valence-corrected chi connectivity index (χ3v) is 5.84. The molecule has 0 aliphatic carbocycles. The van der Waals surface area contributed by atoms with Crippen LogP contribution >= 0.6 is 11.6 Å². The minimum absolute atomic E-state index is 0.254. The number of nitrogens with zero attached hydrogens (tertiary/aromatic N) is 4. The average Bonchev–Trinajstić information content (AvgIpc) is 3.29. The summed E-state index contributed by atoms with van der Waals surface area (Å²) in [5, 5.41) is 7.54. The van der Waals surface area contributed by atoms with Crippen LogP contribution in [-0.2, 0) is 0 Å². The van der Waals surface area contributed by atoms with Crippen molar-refractivity contribution in [3.05, 3.63) is 77.3 Å². The number of pyridine rings is 1. The number of amides is 2. The van der Waals surface area contributed by atoms with Crippen molar-refractivity contribution in [2.75, 3.05) is 30.0 Å². The maximum Gasteiger partial charge on any atom is 0.271 e. The van der Waals surface area contributed by atoms with E-state index in [1.165, 1.54) is 16.7 Å². The van der Waals surface area contributed by atoms with E-state index in [0.717, 1.165) is 32.4 Å². The van der Waals surface area contributed by atoms with Crippen LogP contribution in [0.1, 0.15) is 40.1 Å². The molecule has 166 valence electrons. The van der Waals surface area contributed by atoms with Gasteiger partial charge in [0.05, 0.1) is 0 Å². The van der Waals surface area contributed by atoms with Crippen LogP contribution in [0.3, 0.4) is 0 Å². The molecule has 2 amide bonds. The van der Waals surface area contributed by atoms with Gasteiger partial charge in [0, 0.05) is 54.5 Å². The normalized spacial score (nSPS) is 14.2. The summed E-state index contributed by atoms with van der Waals surface area (Å²) in [4.78, 5) is 32.4. The van der Waals surface area contributed by atoms with Gasteiger partial charge in [0.2, 0.25) is 0 Å². The monoisotopic (exact) mass is 452 g/mol. The van der Waals surface area contributed by atoms with E-state index in [1.54, 1.807) is 30.3 Å². The molecule has 1 aromatic carbocycles. The lowest BCUT2D eigenvalue weighted by molar-refractivity contribution is 0.0941. The molecule has 9 heteroatoms. The SMILES string of the molecule is O=C(Nn1ccc(C(=O)NCCC2CCN(c3ccncc3)CC2)n1)c1cccc(Cl)c1. The third kappa shape index (κ3) is 5.64. The van der Waals surface area contributed by atoms with Gasteiger partial charge in [0.25, 0.3) is 11.8 Å². The molecule has 1 aliphatic heterocycles. The van der Waals surface area contributed by atoms with Crippen molar-refractivity contribution in [3.8, 4) is 0 Å². The molecule has 0 bridgehead atoms. The van der Waals surface area contributed by atoms with Crippen LogP contribution in [0.25, 0.3) is 0 Å². The van der Waals surface area contributed by atoms with Crippen molar-refractivity contribution in [2.45, 2.75) is 19.3 Å². The molecule has 3 aromatic rings. The molecular formula is C23H25ClN6O2. The van der Waals surface area contributed by atoms with E-state index < -0.39 is 0 Å². The first-order valence-electron chi connectivity index (χ1n) is 10.6. The van der Waals surface area contributed by atoms with E-state index in [0.29, 0.717) is 23.0 Å². The number of carbonyl (C=O) groups excluding carboxylic acids is 2. The highest BCUT2D eigenvalue weighted by atomic mass is 35.5. The number of hydrogen-bond donors (Lipinski definition) is 2. The first-order valence-corrected chi connectivity index (χ1v) is 11.0. The minimum Gasteiger partial charge on any atom is -0.371 e. The number of benzene rings is 1. The lowest BCUT2D eigenvalue weighted by Crippen LogP contribution is -2.35. The van der Waals surface area contributed by atoms with Crippen molar-refractivity contribution in [1.82, 2.24) is 20.2 Å². The quantitative estimate of drug-likeness (QED) is 0.573. The lowest BCUT2D eigenvalue weighted by Gasteiger charge is -2.33. The highest BCUT2D eigenvalue weighted by molar-refractivity contribution is 6.31. The number of rotatable bonds is 7. The molecule has 3 heterocycles. The Morgan fingerprint density at radius 2 is 1.84 bits per heavy atom.